The molecule has 1 fully saturated rings. The third-order valence-electron chi connectivity index (χ3n) is 2.79. The maximum Gasteiger partial charge on any atom is 0.265 e. The molecule has 1 amide bonds. The van der Waals surface area contributed by atoms with Crippen LogP contribution in [0.3, 0.4) is 0 Å². The molecule has 9 heteroatoms. The Balaban J connectivity index is 2.15. The molecule has 7 nitrogen and oxygen atoms in total. The molecule has 0 saturated carbocycles. The smallest absolute Gasteiger partial charge is 0.265 e. The molecule has 1 aromatic rings. The second kappa shape index (κ2) is 5.60. The van der Waals surface area contributed by atoms with Crippen LogP contribution in [-0.4, -0.2) is 42.0 Å². The Morgan fingerprint density at radius 3 is 2.45 bits per heavy atom. The predicted molar refractivity (Wildman–Crippen MR) is 70.3 cm³/mol. The van der Waals surface area contributed by atoms with Gasteiger partial charge in [0.2, 0.25) is 0 Å². The number of rotatable bonds is 4. The van der Waals surface area contributed by atoms with Gasteiger partial charge in [-0.2, -0.15) is 8.42 Å². The van der Waals surface area contributed by atoms with Crippen molar-refractivity contribution in [3.8, 4) is 0 Å². The highest BCUT2D eigenvalue weighted by Gasteiger charge is 2.35. The van der Waals surface area contributed by atoms with E-state index in [1.807, 2.05) is 0 Å². The van der Waals surface area contributed by atoms with Crippen LogP contribution >= 0.6 is 0 Å². The highest BCUT2D eigenvalue weighted by atomic mass is 32.2. The van der Waals surface area contributed by atoms with E-state index >= 15 is 0 Å². The van der Waals surface area contributed by atoms with Gasteiger partial charge in [-0.1, -0.05) is 0 Å². The van der Waals surface area contributed by atoms with Gasteiger partial charge in [0.25, 0.3) is 16.0 Å². The molecule has 1 saturated heterocycles. The summed E-state index contributed by atoms with van der Waals surface area (Å²) < 4.78 is 48.3. The molecule has 0 aliphatic carbocycles. The first-order chi connectivity index (χ1) is 9.28. The van der Waals surface area contributed by atoms with Crippen LogP contribution in [-0.2, 0) is 30.2 Å². The summed E-state index contributed by atoms with van der Waals surface area (Å²) >= 11 is -2.33. The van der Waals surface area contributed by atoms with Crippen LogP contribution in [0.5, 0.6) is 0 Å². The van der Waals surface area contributed by atoms with Gasteiger partial charge in [0, 0.05) is 23.5 Å². The molecule has 1 heterocycles. The van der Waals surface area contributed by atoms with E-state index in [4.69, 9.17) is 4.18 Å². The first-order valence-corrected chi connectivity index (χ1v) is 8.56. The summed E-state index contributed by atoms with van der Waals surface area (Å²) in [6.45, 7) is 0.318. The van der Waals surface area contributed by atoms with Crippen molar-refractivity contribution in [1.29, 1.82) is 0 Å². The summed E-state index contributed by atoms with van der Waals surface area (Å²) in [4.78, 5) is 13.5. The van der Waals surface area contributed by atoms with Gasteiger partial charge in [0.15, 0.2) is 6.10 Å². The first-order valence-electron chi connectivity index (χ1n) is 5.67. The topological polar surface area (TPSA) is 104 Å². The van der Waals surface area contributed by atoms with Gasteiger partial charge in [-0.05, 0) is 35.3 Å². The van der Waals surface area contributed by atoms with Crippen molar-refractivity contribution >= 4 is 32.8 Å². The van der Waals surface area contributed by atoms with Crippen LogP contribution < -0.4 is 4.90 Å². The zero-order chi connectivity index (χ0) is 14.9. The molecule has 2 atom stereocenters. The van der Waals surface area contributed by atoms with Crippen LogP contribution in [0.15, 0.2) is 29.2 Å². The summed E-state index contributed by atoms with van der Waals surface area (Å²) in [5, 5.41) is 0. The normalized spacial score (nSPS) is 21.2. The van der Waals surface area contributed by atoms with Crippen molar-refractivity contribution in [3.63, 3.8) is 0 Å². The van der Waals surface area contributed by atoms with Gasteiger partial charge in [-0.15, -0.1) is 0 Å². The lowest BCUT2D eigenvalue weighted by molar-refractivity contribution is -0.122. The lowest BCUT2D eigenvalue weighted by atomic mass is 10.3. The Morgan fingerprint density at radius 2 is 1.95 bits per heavy atom. The Morgan fingerprint density at radius 1 is 1.35 bits per heavy atom. The van der Waals surface area contributed by atoms with Crippen molar-refractivity contribution in [1.82, 2.24) is 0 Å². The summed E-state index contributed by atoms with van der Waals surface area (Å²) in [5.74, 6) is -0.452. The van der Waals surface area contributed by atoms with Gasteiger partial charge >= 0.3 is 0 Å². The molecule has 110 valence electrons. The number of amides is 1. The minimum Gasteiger partial charge on any atom is -0.768 e. The van der Waals surface area contributed by atoms with Crippen molar-refractivity contribution in [3.05, 3.63) is 24.3 Å². The number of carbonyl (C=O) groups excluding carboxylic acids is 1. The van der Waals surface area contributed by atoms with E-state index in [1.54, 1.807) is 0 Å². The Kier molecular flexibility index (Phi) is 4.23. The second-order valence-electron chi connectivity index (χ2n) is 4.30. The molecular formula is C11H12NO6S2-. The number of carbonyl (C=O) groups is 1. The Bertz CT molecular complexity index is 639. The first kappa shape index (κ1) is 15.1. The average Bonchev–Trinajstić information content (AvgIpc) is 2.69. The van der Waals surface area contributed by atoms with Crippen molar-refractivity contribution < 1.29 is 26.2 Å². The monoisotopic (exact) mass is 318 g/mol. The molecular weight excluding hydrogens is 306 g/mol. The van der Waals surface area contributed by atoms with E-state index in [2.05, 4.69) is 0 Å². The lowest BCUT2D eigenvalue weighted by Crippen LogP contribution is -2.31. The molecule has 0 bridgehead atoms. The summed E-state index contributed by atoms with van der Waals surface area (Å²) in [6, 6.07) is 5.73. The van der Waals surface area contributed by atoms with E-state index < -0.39 is 33.2 Å². The number of nitrogens with zero attached hydrogens (tertiary/aromatic N) is 1. The fourth-order valence-corrected chi connectivity index (χ4v) is 2.91. The third kappa shape index (κ3) is 3.42. The zero-order valence-corrected chi connectivity index (χ0v) is 12.1. The minimum atomic E-state index is -3.69. The van der Waals surface area contributed by atoms with E-state index in [9.17, 15) is 22.0 Å². The SMILES string of the molecule is CS(=O)(=O)OC1CCN(c2ccc(S(=O)[O-])cc2)C1=O. The van der Waals surface area contributed by atoms with E-state index in [0.29, 0.717) is 12.2 Å². The summed E-state index contributed by atoms with van der Waals surface area (Å²) in [6.07, 6.45) is 0.140. The van der Waals surface area contributed by atoms with Gasteiger partial charge < -0.3 is 9.45 Å². The maximum atomic E-state index is 12.0. The van der Waals surface area contributed by atoms with Crippen molar-refractivity contribution in [2.75, 3.05) is 17.7 Å². The quantitative estimate of drug-likeness (QED) is 0.572. The molecule has 2 unspecified atom stereocenters. The summed E-state index contributed by atoms with van der Waals surface area (Å²) in [7, 11) is -3.69. The van der Waals surface area contributed by atoms with E-state index in [-0.39, 0.29) is 11.3 Å². The molecule has 1 aromatic carbocycles. The highest BCUT2D eigenvalue weighted by Crippen LogP contribution is 2.24. The van der Waals surface area contributed by atoms with E-state index in [1.165, 1.54) is 29.2 Å². The molecule has 1 aliphatic rings. The van der Waals surface area contributed by atoms with Crippen LogP contribution in [0.25, 0.3) is 0 Å². The molecule has 2 rings (SSSR count). The molecule has 0 radical (unpaired) electrons. The number of hydrogen-bond acceptors (Lipinski definition) is 6. The largest absolute Gasteiger partial charge is 0.768 e. The molecule has 0 N–H and O–H groups in total. The Labute approximate surface area is 118 Å². The number of hydrogen-bond donors (Lipinski definition) is 0. The maximum absolute atomic E-state index is 12.0. The van der Waals surface area contributed by atoms with Crippen LogP contribution in [0.2, 0.25) is 0 Å². The van der Waals surface area contributed by atoms with Gasteiger partial charge in [-0.25, -0.2) is 0 Å². The minimum absolute atomic E-state index is 0.115. The third-order valence-corrected chi connectivity index (χ3v) is 4.03. The fraction of sp³-hybridized carbons (Fsp3) is 0.364. The zero-order valence-electron chi connectivity index (χ0n) is 10.5. The van der Waals surface area contributed by atoms with Crippen LogP contribution in [0.4, 0.5) is 5.69 Å². The van der Waals surface area contributed by atoms with Gasteiger partial charge in [0.05, 0.1) is 6.26 Å². The second-order valence-corrected chi connectivity index (χ2v) is 6.84. The van der Waals surface area contributed by atoms with Crippen LogP contribution in [0, 0.1) is 0 Å². The standard InChI is InChI=1S/C11H13NO6S2/c1-20(16,17)18-10-6-7-12(11(10)13)8-2-4-9(5-3-8)19(14)15/h2-5,10H,6-7H2,1H3,(H,14,15)/p-1. The predicted octanol–water partition coefficient (Wildman–Crippen LogP) is 0.00610. The molecule has 0 aromatic heterocycles. The van der Waals surface area contributed by atoms with E-state index in [0.717, 1.165) is 6.26 Å². The van der Waals surface area contributed by atoms with Crippen molar-refractivity contribution in [2.24, 2.45) is 0 Å². The van der Waals surface area contributed by atoms with Gasteiger partial charge in [-0.3, -0.25) is 13.2 Å². The van der Waals surface area contributed by atoms with Crippen LogP contribution in [0.1, 0.15) is 6.42 Å². The lowest BCUT2D eigenvalue weighted by Gasteiger charge is -2.17. The molecule has 20 heavy (non-hydrogen) atoms. The number of benzene rings is 1. The Hall–Kier alpha value is -1.29. The summed E-state index contributed by atoms with van der Waals surface area (Å²) in [5.41, 5.74) is 0.504. The number of anilines is 1. The fourth-order valence-electron chi connectivity index (χ4n) is 1.95. The molecule has 0 spiro atoms. The average molecular weight is 318 g/mol. The van der Waals surface area contributed by atoms with Crippen molar-refractivity contribution in [2.45, 2.75) is 17.4 Å². The van der Waals surface area contributed by atoms with Gasteiger partial charge in [0.1, 0.15) is 0 Å². The molecule has 1 aliphatic heterocycles. The highest BCUT2D eigenvalue weighted by molar-refractivity contribution is 7.86.